The number of hydrogen-bond donors (Lipinski definition) is 2. The molecule has 0 saturated carbocycles. The number of methoxy groups -OCH3 is 1. The van der Waals surface area contributed by atoms with Crippen LogP contribution in [0, 0.1) is 5.82 Å². The lowest BCUT2D eigenvalue weighted by molar-refractivity contribution is -0.00906. The van der Waals surface area contributed by atoms with E-state index < -0.39 is 5.60 Å². The van der Waals surface area contributed by atoms with Crippen LogP contribution < -0.4 is 10.1 Å². The quantitative estimate of drug-likeness (QED) is 0.773. The van der Waals surface area contributed by atoms with Gasteiger partial charge in [-0.25, -0.2) is 4.39 Å². The molecule has 1 fully saturated rings. The van der Waals surface area contributed by atoms with Gasteiger partial charge in [0.25, 0.3) is 0 Å². The van der Waals surface area contributed by atoms with Crippen LogP contribution in [-0.2, 0) is 6.42 Å². The minimum Gasteiger partial charge on any atom is -0.494 e. The van der Waals surface area contributed by atoms with Crippen molar-refractivity contribution in [2.45, 2.75) is 12.0 Å². The summed E-state index contributed by atoms with van der Waals surface area (Å²) in [7, 11) is 1.43. The van der Waals surface area contributed by atoms with Gasteiger partial charge in [0, 0.05) is 19.5 Å². The molecule has 2 rings (SSSR count). The summed E-state index contributed by atoms with van der Waals surface area (Å²) in [4.78, 5) is 0. The van der Waals surface area contributed by atoms with E-state index in [1.807, 2.05) is 0 Å². The predicted molar refractivity (Wildman–Crippen MR) is 54.5 cm³/mol. The summed E-state index contributed by atoms with van der Waals surface area (Å²) in [6.45, 7) is 1.18. The lowest BCUT2D eigenvalue weighted by atomic mass is 9.89. The lowest BCUT2D eigenvalue weighted by Gasteiger charge is -2.37. The highest BCUT2D eigenvalue weighted by Crippen LogP contribution is 2.23. The number of halogens is 1. The maximum Gasteiger partial charge on any atom is 0.165 e. The van der Waals surface area contributed by atoms with E-state index in [4.69, 9.17) is 4.74 Å². The number of aliphatic hydroxyl groups is 1. The second-order valence-corrected chi connectivity index (χ2v) is 3.97. The van der Waals surface area contributed by atoms with E-state index in [0.29, 0.717) is 19.5 Å². The fraction of sp³-hybridized carbons (Fsp3) is 0.455. The molecule has 0 unspecified atom stereocenters. The Balaban J connectivity index is 2.14. The number of nitrogens with one attached hydrogen (secondary N) is 1. The van der Waals surface area contributed by atoms with Crippen LogP contribution in [0.15, 0.2) is 18.2 Å². The van der Waals surface area contributed by atoms with Gasteiger partial charge in [-0.2, -0.15) is 0 Å². The lowest BCUT2D eigenvalue weighted by Crippen LogP contribution is -2.60. The molecule has 0 aromatic heterocycles. The number of β-amino-alcohol motifs (C(OH)–C–C–N with tert-alkyl or cyclic N) is 1. The zero-order chi connectivity index (χ0) is 10.9. The first-order valence-corrected chi connectivity index (χ1v) is 4.88. The first-order valence-electron chi connectivity index (χ1n) is 4.88. The number of ether oxygens (including phenoxy) is 1. The van der Waals surface area contributed by atoms with Crippen molar-refractivity contribution in [3.05, 3.63) is 29.6 Å². The fourth-order valence-electron chi connectivity index (χ4n) is 1.73. The van der Waals surface area contributed by atoms with Crippen LogP contribution in [-0.4, -0.2) is 30.9 Å². The topological polar surface area (TPSA) is 41.5 Å². The maximum atomic E-state index is 13.1. The Hall–Kier alpha value is -1.13. The third-order valence-corrected chi connectivity index (χ3v) is 2.66. The monoisotopic (exact) mass is 211 g/mol. The van der Waals surface area contributed by atoms with Gasteiger partial charge in [-0.1, -0.05) is 6.07 Å². The zero-order valence-corrected chi connectivity index (χ0v) is 8.59. The van der Waals surface area contributed by atoms with Gasteiger partial charge < -0.3 is 15.2 Å². The van der Waals surface area contributed by atoms with Crippen LogP contribution >= 0.6 is 0 Å². The summed E-state index contributed by atoms with van der Waals surface area (Å²) >= 11 is 0. The maximum absolute atomic E-state index is 13.1. The average Bonchev–Trinajstić information content (AvgIpc) is 2.18. The predicted octanol–water partition coefficient (Wildman–Crippen LogP) is 0.711. The summed E-state index contributed by atoms with van der Waals surface area (Å²) in [6.07, 6.45) is 0.524. The van der Waals surface area contributed by atoms with Crippen molar-refractivity contribution in [3.63, 3.8) is 0 Å². The molecular formula is C11H14FNO2. The Bertz CT molecular complexity index is 364. The summed E-state index contributed by atoms with van der Waals surface area (Å²) in [5.74, 6) is -0.150. The van der Waals surface area contributed by atoms with Crippen LogP contribution in [0.25, 0.3) is 0 Å². The molecule has 0 amide bonds. The highest BCUT2D eigenvalue weighted by atomic mass is 19.1. The average molecular weight is 211 g/mol. The molecule has 82 valence electrons. The van der Waals surface area contributed by atoms with Crippen LogP contribution in [0.1, 0.15) is 5.56 Å². The van der Waals surface area contributed by atoms with Crippen molar-refractivity contribution in [3.8, 4) is 5.75 Å². The van der Waals surface area contributed by atoms with Gasteiger partial charge in [0.15, 0.2) is 11.6 Å². The number of hydrogen-bond acceptors (Lipinski definition) is 3. The SMILES string of the molecule is COc1cc(CC2(O)CNC2)ccc1F. The van der Waals surface area contributed by atoms with Crippen LogP contribution in [0.3, 0.4) is 0 Å². The summed E-state index contributed by atoms with van der Waals surface area (Å²) in [5, 5.41) is 12.9. The van der Waals surface area contributed by atoms with Crippen molar-refractivity contribution >= 4 is 0 Å². The number of rotatable bonds is 3. The van der Waals surface area contributed by atoms with Crippen molar-refractivity contribution < 1.29 is 14.2 Å². The molecule has 1 saturated heterocycles. The molecule has 0 bridgehead atoms. The molecule has 1 aliphatic rings. The minimum atomic E-state index is -0.678. The first kappa shape index (κ1) is 10.4. The zero-order valence-electron chi connectivity index (χ0n) is 8.59. The summed E-state index contributed by atoms with van der Waals surface area (Å²) < 4.78 is 18.0. The van der Waals surface area contributed by atoms with Gasteiger partial charge in [0.05, 0.1) is 12.7 Å². The third-order valence-electron chi connectivity index (χ3n) is 2.66. The van der Waals surface area contributed by atoms with Crippen molar-refractivity contribution in [1.29, 1.82) is 0 Å². The van der Waals surface area contributed by atoms with E-state index in [1.54, 1.807) is 12.1 Å². The molecule has 3 nitrogen and oxygen atoms in total. The Morgan fingerprint density at radius 2 is 2.27 bits per heavy atom. The van der Waals surface area contributed by atoms with Crippen molar-refractivity contribution in [2.75, 3.05) is 20.2 Å². The molecule has 1 heterocycles. The molecule has 0 aliphatic carbocycles. The van der Waals surface area contributed by atoms with E-state index in [0.717, 1.165) is 5.56 Å². The second kappa shape index (κ2) is 3.79. The van der Waals surface area contributed by atoms with Gasteiger partial charge in [-0.15, -0.1) is 0 Å². The van der Waals surface area contributed by atoms with Crippen molar-refractivity contribution in [1.82, 2.24) is 5.32 Å². The van der Waals surface area contributed by atoms with Gasteiger partial charge >= 0.3 is 0 Å². The van der Waals surface area contributed by atoms with Crippen LogP contribution in [0.4, 0.5) is 4.39 Å². The van der Waals surface area contributed by atoms with E-state index in [-0.39, 0.29) is 11.6 Å². The van der Waals surface area contributed by atoms with Gasteiger partial charge in [0.1, 0.15) is 0 Å². The van der Waals surface area contributed by atoms with Gasteiger partial charge in [0.2, 0.25) is 0 Å². The Morgan fingerprint density at radius 1 is 1.53 bits per heavy atom. The Morgan fingerprint density at radius 3 is 2.80 bits per heavy atom. The van der Waals surface area contributed by atoms with E-state index in [9.17, 15) is 9.50 Å². The smallest absolute Gasteiger partial charge is 0.165 e. The van der Waals surface area contributed by atoms with Crippen LogP contribution in [0.5, 0.6) is 5.75 Å². The molecule has 0 radical (unpaired) electrons. The summed E-state index contributed by atoms with van der Waals surface area (Å²) in [5.41, 5.74) is 0.209. The van der Waals surface area contributed by atoms with E-state index in [1.165, 1.54) is 13.2 Å². The van der Waals surface area contributed by atoms with E-state index >= 15 is 0 Å². The second-order valence-electron chi connectivity index (χ2n) is 3.97. The molecular weight excluding hydrogens is 197 g/mol. The highest BCUT2D eigenvalue weighted by molar-refractivity contribution is 5.31. The Labute approximate surface area is 87.9 Å². The van der Waals surface area contributed by atoms with Crippen LogP contribution in [0.2, 0.25) is 0 Å². The van der Waals surface area contributed by atoms with Crippen molar-refractivity contribution in [2.24, 2.45) is 0 Å². The fourth-order valence-corrected chi connectivity index (χ4v) is 1.73. The molecule has 1 aromatic rings. The summed E-state index contributed by atoms with van der Waals surface area (Å²) in [6, 6.07) is 4.67. The molecule has 0 spiro atoms. The minimum absolute atomic E-state index is 0.225. The molecule has 15 heavy (non-hydrogen) atoms. The van der Waals surface area contributed by atoms with Gasteiger partial charge in [-0.05, 0) is 17.7 Å². The molecule has 0 atom stereocenters. The standard InChI is InChI=1S/C11H14FNO2/c1-15-10-4-8(2-3-9(10)12)5-11(14)6-13-7-11/h2-4,13-14H,5-7H2,1H3. The third kappa shape index (κ3) is 2.11. The molecule has 1 aromatic carbocycles. The van der Waals surface area contributed by atoms with E-state index in [2.05, 4.69) is 5.32 Å². The molecule has 4 heteroatoms. The largest absolute Gasteiger partial charge is 0.494 e. The first-order chi connectivity index (χ1) is 7.13. The number of benzene rings is 1. The van der Waals surface area contributed by atoms with Gasteiger partial charge in [-0.3, -0.25) is 0 Å². The highest BCUT2D eigenvalue weighted by Gasteiger charge is 2.34. The normalized spacial score (nSPS) is 18.3. The Kier molecular flexibility index (Phi) is 2.63. The molecule has 2 N–H and O–H groups in total. The molecule has 1 aliphatic heterocycles.